The molecule has 16 heavy (non-hydrogen) atoms. The molecule has 1 aromatic carbocycles. The second-order valence-electron chi connectivity index (χ2n) is 3.85. The fourth-order valence-electron chi connectivity index (χ4n) is 1.81. The summed E-state index contributed by atoms with van der Waals surface area (Å²) >= 11 is 1.87. The summed E-state index contributed by atoms with van der Waals surface area (Å²) in [7, 11) is 1.69. The molecule has 0 saturated heterocycles. The molecule has 0 fully saturated rings. The number of rotatable bonds is 2. The van der Waals surface area contributed by atoms with Crippen LogP contribution in [-0.4, -0.2) is 30.4 Å². The van der Waals surface area contributed by atoms with Crippen LogP contribution in [-0.2, 0) is 11.2 Å². The Morgan fingerprint density at radius 2 is 2.38 bits per heavy atom. The van der Waals surface area contributed by atoms with Crippen molar-refractivity contribution in [1.29, 1.82) is 0 Å². The molecule has 86 valence electrons. The molecule has 0 spiro atoms. The summed E-state index contributed by atoms with van der Waals surface area (Å²) in [6.07, 6.45) is 2.27. The second-order valence-corrected chi connectivity index (χ2v) is 4.99. The molecular formula is C12H15NO2S. The highest BCUT2D eigenvalue weighted by Crippen LogP contribution is 2.32. The molecule has 0 bridgehead atoms. The number of nitrogens with zero attached hydrogens (tertiary/aromatic N) is 1. The number of aliphatic hydroxyl groups excluding tert-OH is 1. The van der Waals surface area contributed by atoms with Crippen LogP contribution < -0.4 is 4.90 Å². The Morgan fingerprint density at radius 1 is 1.56 bits per heavy atom. The van der Waals surface area contributed by atoms with Gasteiger partial charge in [0.25, 0.3) is 5.91 Å². The van der Waals surface area contributed by atoms with Crippen LogP contribution in [0.1, 0.15) is 12.0 Å². The Kier molecular flexibility index (Phi) is 3.51. The second kappa shape index (κ2) is 4.89. The van der Waals surface area contributed by atoms with Gasteiger partial charge < -0.3 is 10.0 Å². The Morgan fingerprint density at radius 3 is 3.12 bits per heavy atom. The quantitative estimate of drug-likeness (QED) is 0.850. The van der Waals surface area contributed by atoms with Gasteiger partial charge in [-0.2, -0.15) is 0 Å². The molecule has 0 atom stereocenters. The normalized spacial score (nSPS) is 14.4. The van der Waals surface area contributed by atoms with E-state index in [1.54, 1.807) is 7.05 Å². The molecule has 1 aliphatic heterocycles. The van der Waals surface area contributed by atoms with Gasteiger partial charge in [-0.3, -0.25) is 4.79 Å². The first-order chi connectivity index (χ1) is 7.72. The van der Waals surface area contributed by atoms with E-state index in [4.69, 9.17) is 5.11 Å². The van der Waals surface area contributed by atoms with Gasteiger partial charge in [-0.15, -0.1) is 11.8 Å². The number of aliphatic hydroxyl groups is 1. The highest BCUT2D eigenvalue weighted by molar-refractivity contribution is 7.99. The lowest BCUT2D eigenvalue weighted by Crippen LogP contribution is -2.28. The molecule has 3 nitrogen and oxygen atoms in total. The van der Waals surface area contributed by atoms with E-state index >= 15 is 0 Å². The summed E-state index contributed by atoms with van der Waals surface area (Å²) in [5.41, 5.74) is 2.17. The van der Waals surface area contributed by atoms with E-state index in [9.17, 15) is 4.79 Å². The molecule has 2 rings (SSSR count). The Labute approximate surface area is 99.5 Å². The number of hydrogen-bond donors (Lipinski definition) is 1. The van der Waals surface area contributed by atoms with Crippen LogP contribution in [0.3, 0.4) is 0 Å². The van der Waals surface area contributed by atoms with Crippen LogP contribution in [0.4, 0.5) is 5.69 Å². The average Bonchev–Trinajstić information content (AvgIpc) is 2.36. The number of hydrogen-bond acceptors (Lipinski definition) is 3. The largest absolute Gasteiger partial charge is 0.387 e. The van der Waals surface area contributed by atoms with Crippen LogP contribution in [0.15, 0.2) is 23.1 Å². The lowest BCUT2D eigenvalue weighted by atomic mass is 10.1. The smallest absolute Gasteiger partial charge is 0.252 e. The van der Waals surface area contributed by atoms with E-state index < -0.39 is 6.61 Å². The van der Waals surface area contributed by atoms with Crippen LogP contribution in [0, 0.1) is 0 Å². The molecule has 0 aliphatic carbocycles. The van der Waals surface area contributed by atoms with E-state index in [1.165, 1.54) is 27.5 Å². The third kappa shape index (κ3) is 2.23. The minimum absolute atomic E-state index is 0.275. The van der Waals surface area contributed by atoms with Crippen molar-refractivity contribution in [2.24, 2.45) is 0 Å². The monoisotopic (exact) mass is 237 g/mol. The van der Waals surface area contributed by atoms with Crippen LogP contribution >= 0.6 is 11.8 Å². The van der Waals surface area contributed by atoms with Crippen LogP contribution in [0.2, 0.25) is 0 Å². The fraction of sp³-hybridized carbons (Fsp3) is 0.417. The number of aryl methyl sites for hydroxylation is 1. The third-order valence-electron chi connectivity index (χ3n) is 2.79. The first kappa shape index (κ1) is 11.5. The van der Waals surface area contributed by atoms with Crippen molar-refractivity contribution >= 4 is 23.4 Å². The van der Waals surface area contributed by atoms with Gasteiger partial charge in [-0.05, 0) is 42.4 Å². The van der Waals surface area contributed by atoms with E-state index in [0.29, 0.717) is 0 Å². The zero-order chi connectivity index (χ0) is 11.5. The number of anilines is 1. The number of benzene rings is 1. The zero-order valence-electron chi connectivity index (χ0n) is 9.27. The maximum Gasteiger partial charge on any atom is 0.252 e. The number of carbonyl (C=O) groups excluding carboxylic acids is 1. The number of thioether (sulfide) groups is 1. The van der Waals surface area contributed by atoms with Gasteiger partial charge in [0, 0.05) is 17.6 Å². The minimum atomic E-state index is -0.442. The lowest BCUT2D eigenvalue weighted by Gasteiger charge is -2.20. The van der Waals surface area contributed by atoms with E-state index in [-0.39, 0.29) is 5.91 Å². The topological polar surface area (TPSA) is 40.5 Å². The van der Waals surface area contributed by atoms with E-state index in [2.05, 4.69) is 12.1 Å². The van der Waals surface area contributed by atoms with Gasteiger partial charge in [0.2, 0.25) is 0 Å². The molecule has 0 unspecified atom stereocenters. The van der Waals surface area contributed by atoms with Crippen molar-refractivity contribution in [3.8, 4) is 0 Å². The maximum absolute atomic E-state index is 11.4. The average molecular weight is 237 g/mol. The summed E-state index contributed by atoms with van der Waals surface area (Å²) in [6, 6.07) is 6.05. The van der Waals surface area contributed by atoms with Gasteiger partial charge in [-0.1, -0.05) is 0 Å². The molecule has 0 radical (unpaired) electrons. The van der Waals surface area contributed by atoms with Gasteiger partial charge in [0.15, 0.2) is 0 Å². The van der Waals surface area contributed by atoms with Crippen molar-refractivity contribution in [1.82, 2.24) is 0 Å². The molecule has 4 heteroatoms. The Hall–Kier alpha value is -1.00. The van der Waals surface area contributed by atoms with Gasteiger partial charge in [-0.25, -0.2) is 0 Å². The summed E-state index contributed by atoms with van der Waals surface area (Å²) in [5, 5.41) is 8.81. The number of likely N-dealkylation sites (N-methyl/N-ethyl adjacent to an activating group) is 1. The van der Waals surface area contributed by atoms with Crippen molar-refractivity contribution in [2.45, 2.75) is 17.7 Å². The highest BCUT2D eigenvalue weighted by Gasteiger charge is 2.14. The summed E-state index contributed by atoms with van der Waals surface area (Å²) in [4.78, 5) is 14.2. The van der Waals surface area contributed by atoms with Crippen molar-refractivity contribution < 1.29 is 9.90 Å². The number of amides is 1. The minimum Gasteiger partial charge on any atom is -0.387 e. The first-order valence-electron chi connectivity index (χ1n) is 5.35. The van der Waals surface area contributed by atoms with Crippen molar-refractivity contribution in [3.05, 3.63) is 23.8 Å². The predicted octanol–water partition coefficient (Wildman–Crippen LogP) is 1.68. The number of carbonyl (C=O) groups is 1. The Bertz CT molecular complexity index is 406. The molecule has 1 heterocycles. The lowest BCUT2D eigenvalue weighted by molar-refractivity contribution is -0.120. The van der Waals surface area contributed by atoms with Crippen LogP contribution in [0.5, 0.6) is 0 Å². The third-order valence-corrected chi connectivity index (χ3v) is 3.99. The fourth-order valence-corrected chi connectivity index (χ4v) is 2.82. The van der Waals surface area contributed by atoms with Gasteiger partial charge in [0.05, 0.1) is 0 Å². The predicted molar refractivity (Wildman–Crippen MR) is 66.0 cm³/mol. The Balaban J connectivity index is 2.26. The maximum atomic E-state index is 11.4. The van der Waals surface area contributed by atoms with Crippen molar-refractivity contribution in [3.63, 3.8) is 0 Å². The van der Waals surface area contributed by atoms with Gasteiger partial charge in [0.1, 0.15) is 6.61 Å². The zero-order valence-corrected chi connectivity index (χ0v) is 10.1. The summed E-state index contributed by atoms with van der Waals surface area (Å²) in [6.45, 7) is -0.442. The number of fused-ring (bicyclic) bond motifs is 1. The molecular weight excluding hydrogens is 222 g/mol. The van der Waals surface area contributed by atoms with Crippen LogP contribution in [0.25, 0.3) is 0 Å². The summed E-state index contributed by atoms with van der Waals surface area (Å²) < 4.78 is 0. The van der Waals surface area contributed by atoms with E-state index in [0.717, 1.165) is 12.1 Å². The van der Waals surface area contributed by atoms with Gasteiger partial charge >= 0.3 is 0 Å². The van der Waals surface area contributed by atoms with E-state index in [1.807, 2.05) is 17.8 Å². The first-order valence-corrected chi connectivity index (χ1v) is 6.34. The molecule has 1 aliphatic rings. The molecule has 1 aromatic rings. The molecule has 1 N–H and O–H groups in total. The molecule has 1 amide bonds. The molecule has 0 aromatic heterocycles. The van der Waals surface area contributed by atoms with Crippen molar-refractivity contribution in [2.75, 3.05) is 24.3 Å². The molecule has 0 saturated carbocycles. The standard InChI is InChI=1S/C12H15NO2S/c1-13(12(15)8-14)10-4-5-11-9(7-10)3-2-6-16-11/h4-5,7,14H,2-3,6,8H2,1H3. The SMILES string of the molecule is CN(C(=O)CO)c1ccc2c(c1)CCCS2. The highest BCUT2D eigenvalue weighted by atomic mass is 32.2. The summed E-state index contributed by atoms with van der Waals surface area (Å²) in [5.74, 6) is 0.904.